The fourth-order valence-electron chi connectivity index (χ4n) is 2.46. The number of hydrogen-bond donors (Lipinski definition) is 1. The van der Waals surface area contributed by atoms with E-state index in [1.165, 1.54) is 0 Å². The van der Waals surface area contributed by atoms with E-state index in [0.717, 1.165) is 36.1 Å². The molecular weight excluding hydrogens is 212 g/mol. The molecule has 17 heavy (non-hydrogen) atoms. The minimum Gasteiger partial charge on any atom is -0.315 e. The number of hydrogen-bond acceptors (Lipinski definition) is 2. The summed E-state index contributed by atoms with van der Waals surface area (Å²) in [5.41, 5.74) is 2.18. The van der Waals surface area contributed by atoms with Crippen LogP contribution in [0.3, 0.4) is 0 Å². The van der Waals surface area contributed by atoms with E-state index in [-0.39, 0.29) is 5.56 Å². The van der Waals surface area contributed by atoms with Crippen LogP contribution in [0.25, 0.3) is 10.9 Å². The fraction of sp³-hybridized carbons (Fsp3) is 0.357. The van der Waals surface area contributed by atoms with E-state index in [1.807, 2.05) is 29.7 Å². The minimum atomic E-state index is 0.178. The number of aromatic nitrogens is 1. The summed E-state index contributed by atoms with van der Waals surface area (Å²) in [5, 5.41) is 4.39. The van der Waals surface area contributed by atoms with Crippen LogP contribution in [0.15, 0.2) is 35.1 Å². The van der Waals surface area contributed by atoms with Crippen molar-refractivity contribution in [1.29, 1.82) is 0 Å². The van der Waals surface area contributed by atoms with Crippen molar-refractivity contribution in [2.24, 2.45) is 0 Å². The lowest BCUT2D eigenvalue weighted by Gasteiger charge is -2.27. The maximum Gasteiger partial charge on any atom is 0.254 e. The van der Waals surface area contributed by atoms with Gasteiger partial charge in [0.2, 0.25) is 0 Å². The van der Waals surface area contributed by atoms with Crippen LogP contribution in [-0.2, 0) is 6.54 Å². The van der Waals surface area contributed by atoms with Crippen LogP contribution in [-0.4, -0.2) is 17.7 Å². The van der Waals surface area contributed by atoms with E-state index < -0.39 is 0 Å². The first-order valence-electron chi connectivity index (χ1n) is 6.14. The Hall–Kier alpha value is -1.61. The average Bonchev–Trinajstić information content (AvgIpc) is 2.28. The van der Waals surface area contributed by atoms with Crippen molar-refractivity contribution in [2.75, 3.05) is 13.1 Å². The third-order valence-corrected chi connectivity index (χ3v) is 3.57. The van der Waals surface area contributed by atoms with Gasteiger partial charge in [0.05, 0.1) is 5.52 Å². The van der Waals surface area contributed by atoms with E-state index in [1.54, 1.807) is 0 Å². The van der Waals surface area contributed by atoms with Crippen molar-refractivity contribution in [2.45, 2.75) is 19.4 Å². The number of para-hydroxylation sites is 1. The molecule has 1 fully saturated rings. The molecule has 1 aliphatic heterocycles. The lowest BCUT2D eigenvalue weighted by Crippen LogP contribution is -2.43. The van der Waals surface area contributed by atoms with Gasteiger partial charge in [-0.05, 0) is 24.4 Å². The quantitative estimate of drug-likeness (QED) is 0.849. The number of nitrogens with one attached hydrogen (secondary N) is 1. The maximum absolute atomic E-state index is 12.4. The summed E-state index contributed by atoms with van der Waals surface area (Å²) in [5.74, 6) is 0.393. The second kappa shape index (κ2) is 4.00. The van der Waals surface area contributed by atoms with Crippen molar-refractivity contribution in [3.63, 3.8) is 0 Å². The second-order valence-electron chi connectivity index (χ2n) is 4.56. The number of fused-ring (bicyclic) bond motifs is 1. The van der Waals surface area contributed by atoms with Gasteiger partial charge in [-0.1, -0.05) is 18.2 Å². The van der Waals surface area contributed by atoms with Gasteiger partial charge in [0.25, 0.3) is 5.56 Å². The highest BCUT2D eigenvalue weighted by Crippen LogP contribution is 2.21. The SMILES string of the molecule is CCn1c(=O)c(C2CNC2)cc2ccccc21. The molecule has 1 aromatic carbocycles. The normalized spacial score (nSPS) is 16.1. The molecule has 0 amide bonds. The monoisotopic (exact) mass is 228 g/mol. The Bertz CT molecular complexity index is 611. The van der Waals surface area contributed by atoms with Crippen LogP contribution >= 0.6 is 0 Å². The third-order valence-electron chi connectivity index (χ3n) is 3.57. The summed E-state index contributed by atoms with van der Waals surface area (Å²) in [6, 6.07) is 10.2. The third kappa shape index (κ3) is 1.58. The number of benzene rings is 1. The van der Waals surface area contributed by atoms with Crippen LogP contribution in [0.1, 0.15) is 18.4 Å². The molecule has 0 atom stereocenters. The topological polar surface area (TPSA) is 34.0 Å². The first-order chi connectivity index (χ1) is 8.31. The number of aryl methyl sites for hydroxylation is 1. The summed E-state index contributed by atoms with van der Waals surface area (Å²) in [4.78, 5) is 12.4. The van der Waals surface area contributed by atoms with Gasteiger partial charge < -0.3 is 9.88 Å². The summed E-state index contributed by atoms with van der Waals surface area (Å²) in [6.45, 7) is 4.61. The molecule has 0 bridgehead atoms. The first kappa shape index (κ1) is 10.5. The first-order valence-corrected chi connectivity index (χ1v) is 6.14. The standard InChI is InChI=1S/C14H16N2O/c1-2-16-13-6-4-3-5-10(13)7-12(14(16)17)11-8-15-9-11/h3-7,11,15H,2,8-9H2,1H3. The highest BCUT2D eigenvalue weighted by Gasteiger charge is 2.23. The van der Waals surface area contributed by atoms with E-state index in [0.29, 0.717) is 5.92 Å². The molecule has 1 aromatic heterocycles. The predicted molar refractivity (Wildman–Crippen MR) is 69.5 cm³/mol. The molecule has 2 aromatic rings. The molecule has 0 aliphatic carbocycles. The Labute approximate surface area is 100 Å². The lowest BCUT2D eigenvalue weighted by molar-refractivity contribution is 0.443. The van der Waals surface area contributed by atoms with Crippen LogP contribution in [0.2, 0.25) is 0 Å². The molecule has 3 rings (SSSR count). The van der Waals surface area contributed by atoms with Gasteiger partial charge in [-0.2, -0.15) is 0 Å². The van der Waals surface area contributed by atoms with Crippen molar-refractivity contribution in [1.82, 2.24) is 9.88 Å². The molecule has 1 N–H and O–H groups in total. The molecule has 0 spiro atoms. The summed E-state index contributed by atoms with van der Waals surface area (Å²) in [7, 11) is 0. The molecule has 3 heteroatoms. The van der Waals surface area contributed by atoms with Gasteiger partial charge in [-0.15, -0.1) is 0 Å². The van der Waals surface area contributed by atoms with Crippen molar-refractivity contribution < 1.29 is 0 Å². The largest absolute Gasteiger partial charge is 0.315 e. The molecule has 88 valence electrons. The Morgan fingerprint density at radius 2 is 2.12 bits per heavy atom. The fourth-order valence-corrected chi connectivity index (χ4v) is 2.46. The number of nitrogens with zero attached hydrogens (tertiary/aromatic N) is 1. The zero-order valence-electron chi connectivity index (χ0n) is 9.94. The van der Waals surface area contributed by atoms with Gasteiger partial charge in [0.15, 0.2) is 0 Å². The van der Waals surface area contributed by atoms with Crippen LogP contribution in [0, 0.1) is 0 Å². The molecule has 3 nitrogen and oxygen atoms in total. The lowest BCUT2D eigenvalue weighted by atomic mass is 9.93. The van der Waals surface area contributed by atoms with E-state index in [4.69, 9.17) is 0 Å². The zero-order chi connectivity index (χ0) is 11.8. The predicted octanol–water partition coefficient (Wildman–Crippen LogP) is 1.71. The number of rotatable bonds is 2. The van der Waals surface area contributed by atoms with Crippen LogP contribution < -0.4 is 10.9 Å². The van der Waals surface area contributed by atoms with Gasteiger partial charge in [0.1, 0.15) is 0 Å². The van der Waals surface area contributed by atoms with E-state index in [2.05, 4.69) is 17.4 Å². The highest BCUT2D eigenvalue weighted by atomic mass is 16.1. The number of pyridine rings is 1. The molecule has 0 saturated carbocycles. The Balaban J connectivity index is 2.30. The molecule has 1 saturated heterocycles. The molecule has 0 radical (unpaired) electrons. The van der Waals surface area contributed by atoms with Crippen LogP contribution in [0.4, 0.5) is 0 Å². The van der Waals surface area contributed by atoms with Crippen LogP contribution in [0.5, 0.6) is 0 Å². The van der Waals surface area contributed by atoms with Gasteiger partial charge in [0, 0.05) is 31.1 Å². The van der Waals surface area contributed by atoms with E-state index in [9.17, 15) is 4.79 Å². The van der Waals surface area contributed by atoms with Crippen molar-refractivity contribution in [3.05, 3.63) is 46.2 Å². The van der Waals surface area contributed by atoms with Gasteiger partial charge >= 0.3 is 0 Å². The summed E-state index contributed by atoms with van der Waals surface area (Å²) >= 11 is 0. The van der Waals surface area contributed by atoms with Gasteiger partial charge in [-0.3, -0.25) is 4.79 Å². The van der Waals surface area contributed by atoms with Crippen molar-refractivity contribution in [3.8, 4) is 0 Å². The Morgan fingerprint density at radius 3 is 2.76 bits per heavy atom. The second-order valence-corrected chi connectivity index (χ2v) is 4.56. The molecule has 0 unspecified atom stereocenters. The Kier molecular flexibility index (Phi) is 2.48. The smallest absolute Gasteiger partial charge is 0.254 e. The summed E-state index contributed by atoms with van der Waals surface area (Å²) in [6.07, 6.45) is 0. The molecular formula is C14H16N2O. The molecule has 1 aliphatic rings. The zero-order valence-corrected chi connectivity index (χ0v) is 9.94. The summed E-state index contributed by atoms with van der Waals surface area (Å²) < 4.78 is 1.88. The highest BCUT2D eigenvalue weighted by molar-refractivity contribution is 5.79. The average molecular weight is 228 g/mol. The van der Waals surface area contributed by atoms with Gasteiger partial charge in [-0.25, -0.2) is 0 Å². The Morgan fingerprint density at radius 1 is 1.35 bits per heavy atom. The van der Waals surface area contributed by atoms with E-state index >= 15 is 0 Å². The van der Waals surface area contributed by atoms with Crippen molar-refractivity contribution >= 4 is 10.9 Å². The maximum atomic E-state index is 12.4. The molecule has 2 heterocycles. The minimum absolute atomic E-state index is 0.178.